The average molecular weight is 262 g/mol. The van der Waals surface area contributed by atoms with E-state index < -0.39 is 0 Å². The molecule has 0 radical (unpaired) electrons. The first-order valence-electron chi connectivity index (χ1n) is 6.54. The highest BCUT2D eigenvalue weighted by Gasteiger charge is 2.30. The minimum Gasteiger partial charge on any atom is -0.289 e. The highest BCUT2D eigenvalue weighted by atomic mass is 19.1. The number of aryl methyl sites for hydroxylation is 1. The number of ketones is 1. The summed E-state index contributed by atoms with van der Waals surface area (Å²) in [7, 11) is 0. The number of hydrogen-bond donors (Lipinski definition) is 0. The third-order valence-corrected chi connectivity index (χ3v) is 3.92. The van der Waals surface area contributed by atoms with Crippen molar-refractivity contribution >= 4 is 16.6 Å². The molecule has 0 amide bonds. The summed E-state index contributed by atoms with van der Waals surface area (Å²) in [6, 6.07) is 14.6. The van der Waals surface area contributed by atoms with E-state index in [0.29, 0.717) is 27.6 Å². The molecule has 1 nitrogen and oxygen atoms in total. The maximum atomic E-state index is 14.9. The van der Waals surface area contributed by atoms with Gasteiger partial charge in [-0.3, -0.25) is 4.79 Å². The summed E-state index contributed by atoms with van der Waals surface area (Å²) in [5.41, 5.74) is 3.22. The molecule has 0 N–H and O–H groups in total. The maximum absolute atomic E-state index is 14.9. The Labute approximate surface area is 115 Å². The fourth-order valence-corrected chi connectivity index (χ4v) is 2.95. The van der Waals surface area contributed by atoms with Gasteiger partial charge in [0.2, 0.25) is 0 Å². The molecule has 20 heavy (non-hydrogen) atoms. The standard InChI is InChI=1S/C18H11FO/c1-10-6-7-11-9-15-16(17(19)14(11)8-10)12-4-2-3-5-13(12)18(15)20/h2-9H,1H3. The minimum absolute atomic E-state index is 0.0861. The second-order valence-corrected chi connectivity index (χ2v) is 5.21. The van der Waals surface area contributed by atoms with Gasteiger partial charge in [-0.15, -0.1) is 0 Å². The van der Waals surface area contributed by atoms with E-state index in [0.717, 1.165) is 10.9 Å². The summed E-state index contributed by atoms with van der Waals surface area (Å²) in [5.74, 6) is -0.378. The lowest BCUT2D eigenvalue weighted by Gasteiger charge is -2.07. The van der Waals surface area contributed by atoms with Crippen molar-refractivity contribution in [3.8, 4) is 11.1 Å². The third-order valence-electron chi connectivity index (χ3n) is 3.92. The van der Waals surface area contributed by atoms with Crippen LogP contribution in [-0.2, 0) is 0 Å². The Morgan fingerprint density at radius 2 is 1.65 bits per heavy atom. The van der Waals surface area contributed by atoms with Crippen LogP contribution in [-0.4, -0.2) is 5.78 Å². The fourth-order valence-electron chi connectivity index (χ4n) is 2.95. The van der Waals surface area contributed by atoms with Crippen molar-refractivity contribution in [2.75, 3.05) is 0 Å². The van der Waals surface area contributed by atoms with E-state index in [1.165, 1.54) is 0 Å². The molecule has 0 aliphatic heterocycles. The molecule has 2 heteroatoms. The van der Waals surface area contributed by atoms with Gasteiger partial charge in [-0.1, -0.05) is 42.0 Å². The molecular weight excluding hydrogens is 251 g/mol. The molecule has 3 aromatic carbocycles. The lowest BCUT2D eigenvalue weighted by molar-refractivity contribution is 0.104. The lowest BCUT2D eigenvalue weighted by Crippen LogP contribution is -1.96. The van der Waals surface area contributed by atoms with Crippen molar-refractivity contribution in [3.05, 3.63) is 71.0 Å². The zero-order valence-corrected chi connectivity index (χ0v) is 10.9. The van der Waals surface area contributed by atoms with Crippen LogP contribution in [0.3, 0.4) is 0 Å². The van der Waals surface area contributed by atoms with Gasteiger partial charge in [0.25, 0.3) is 0 Å². The first-order valence-corrected chi connectivity index (χ1v) is 6.54. The van der Waals surface area contributed by atoms with Crippen molar-refractivity contribution in [1.82, 2.24) is 0 Å². The molecule has 0 aromatic heterocycles. The number of hydrogen-bond acceptors (Lipinski definition) is 1. The average Bonchev–Trinajstić information content (AvgIpc) is 2.74. The van der Waals surface area contributed by atoms with E-state index in [-0.39, 0.29) is 11.6 Å². The largest absolute Gasteiger partial charge is 0.289 e. The van der Waals surface area contributed by atoms with Crippen LogP contribution < -0.4 is 0 Å². The summed E-state index contributed by atoms with van der Waals surface area (Å²) in [4.78, 5) is 12.4. The predicted octanol–water partition coefficient (Wildman–Crippen LogP) is 4.50. The molecule has 0 atom stereocenters. The van der Waals surface area contributed by atoms with Gasteiger partial charge in [0.15, 0.2) is 5.78 Å². The Kier molecular flexibility index (Phi) is 2.14. The van der Waals surface area contributed by atoms with E-state index in [2.05, 4.69) is 0 Å². The highest BCUT2D eigenvalue weighted by molar-refractivity contribution is 6.23. The second kappa shape index (κ2) is 3.76. The molecule has 0 saturated heterocycles. The molecule has 4 rings (SSSR count). The van der Waals surface area contributed by atoms with Gasteiger partial charge in [0.1, 0.15) is 5.82 Å². The molecule has 1 aliphatic carbocycles. The molecule has 0 heterocycles. The van der Waals surface area contributed by atoms with Crippen LogP contribution >= 0.6 is 0 Å². The van der Waals surface area contributed by atoms with Crippen molar-refractivity contribution in [3.63, 3.8) is 0 Å². The van der Waals surface area contributed by atoms with Crippen molar-refractivity contribution in [2.45, 2.75) is 6.92 Å². The van der Waals surface area contributed by atoms with Gasteiger partial charge in [-0.2, -0.15) is 0 Å². The first-order chi connectivity index (χ1) is 9.66. The monoisotopic (exact) mass is 262 g/mol. The van der Waals surface area contributed by atoms with Gasteiger partial charge >= 0.3 is 0 Å². The zero-order valence-electron chi connectivity index (χ0n) is 10.9. The number of fused-ring (bicyclic) bond motifs is 4. The number of halogens is 1. The van der Waals surface area contributed by atoms with Gasteiger partial charge in [-0.25, -0.2) is 4.39 Å². The van der Waals surface area contributed by atoms with Crippen molar-refractivity contribution in [1.29, 1.82) is 0 Å². The summed E-state index contributed by atoms with van der Waals surface area (Å²) in [5, 5.41) is 1.35. The highest BCUT2D eigenvalue weighted by Crippen LogP contribution is 2.41. The minimum atomic E-state index is -0.292. The Balaban J connectivity index is 2.18. The molecule has 0 spiro atoms. The Hall–Kier alpha value is -2.48. The fraction of sp³-hybridized carbons (Fsp3) is 0.0556. The molecule has 0 fully saturated rings. The van der Waals surface area contributed by atoms with E-state index in [4.69, 9.17) is 0 Å². The molecule has 0 bridgehead atoms. The zero-order chi connectivity index (χ0) is 13.9. The van der Waals surface area contributed by atoms with Crippen LogP contribution in [0.5, 0.6) is 0 Å². The Morgan fingerprint density at radius 3 is 2.45 bits per heavy atom. The van der Waals surface area contributed by atoms with Crippen molar-refractivity contribution in [2.24, 2.45) is 0 Å². The van der Waals surface area contributed by atoms with E-state index in [9.17, 15) is 9.18 Å². The van der Waals surface area contributed by atoms with Crippen LogP contribution in [0.1, 0.15) is 21.5 Å². The molecule has 3 aromatic rings. The third kappa shape index (κ3) is 1.33. The quantitative estimate of drug-likeness (QED) is 0.456. The van der Waals surface area contributed by atoms with Gasteiger partial charge in [0.05, 0.1) is 0 Å². The summed E-state index contributed by atoms with van der Waals surface area (Å²) in [6.45, 7) is 1.94. The Bertz CT molecular complexity index is 893. The number of rotatable bonds is 0. The first kappa shape index (κ1) is 11.4. The van der Waals surface area contributed by atoms with Crippen LogP contribution in [0.15, 0.2) is 48.5 Å². The molecular formula is C18H11FO. The number of benzene rings is 3. The van der Waals surface area contributed by atoms with Crippen molar-refractivity contribution < 1.29 is 9.18 Å². The molecule has 0 saturated carbocycles. The van der Waals surface area contributed by atoms with Gasteiger partial charge < -0.3 is 0 Å². The molecule has 96 valence electrons. The molecule has 0 unspecified atom stereocenters. The van der Waals surface area contributed by atoms with Gasteiger partial charge in [0, 0.05) is 22.1 Å². The van der Waals surface area contributed by atoms with Crippen LogP contribution in [0, 0.1) is 12.7 Å². The summed E-state index contributed by atoms with van der Waals surface area (Å²) >= 11 is 0. The molecule has 1 aliphatic rings. The topological polar surface area (TPSA) is 17.1 Å². The number of carbonyl (C=O) groups excluding carboxylic acids is 1. The summed E-state index contributed by atoms with van der Waals surface area (Å²) < 4.78 is 14.9. The normalized spacial score (nSPS) is 12.6. The second-order valence-electron chi connectivity index (χ2n) is 5.21. The lowest BCUT2D eigenvalue weighted by atomic mass is 9.98. The number of carbonyl (C=O) groups is 1. The van der Waals surface area contributed by atoms with Gasteiger partial charge in [-0.05, 0) is 30.0 Å². The predicted molar refractivity (Wildman–Crippen MR) is 77.5 cm³/mol. The maximum Gasteiger partial charge on any atom is 0.194 e. The smallest absolute Gasteiger partial charge is 0.194 e. The van der Waals surface area contributed by atoms with E-state index in [1.54, 1.807) is 12.1 Å². The van der Waals surface area contributed by atoms with Crippen LogP contribution in [0.25, 0.3) is 21.9 Å². The SMILES string of the molecule is Cc1ccc2cc3c(c(F)c2c1)-c1ccccc1C3=O. The Morgan fingerprint density at radius 1 is 0.900 bits per heavy atom. The van der Waals surface area contributed by atoms with E-state index in [1.807, 2.05) is 43.3 Å². The van der Waals surface area contributed by atoms with Crippen LogP contribution in [0.4, 0.5) is 4.39 Å². The summed E-state index contributed by atoms with van der Waals surface area (Å²) in [6.07, 6.45) is 0. The van der Waals surface area contributed by atoms with E-state index >= 15 is 0 Å². The van der Waals surface area contributed by atoms with Crippen LogP contribution in [0.2, 0.25) is 0 Å².